The van der Waals surface area contributed by atoms with Crippen LogP contribution in [0.25, 0.3) is 0 Å². The fourth-order valence-corrected chi connectivity index (χ4v) is 8.50. The third-order valence-electron chi connectivity index (χ3n) is 12.0. The normalized spacial score (nSPS) is 26.7. The predicted molar refractivity (Wildman–Crippen MR) is 178 cm³/mol. The molecule has 3 aliphatic heterocycles. The summed E-state index contributed by atoms with van der Waals surface area (Å²) in [5, 5.41) is 6.59. The zero-order chi connectivity index (χ0) is 33.3. The molecule has 0 aromatic heterocycles. The summed E-state index contributed by atoms with van der Waals surface area (Å²) in [5.74, 6) is 0.218. The van der Waals surface area contributed by atoms with Gasteiger partial charge in [-0.1, -0.05) is 45.2 Å². The largest absolute Gasteiger partial charge is 0.465 e. The minimum Gasteiger partial charge on any atom is -0.465 e. The number of hydrogen-bond donors (Lipinski definition) is 2. The summed E-state index contributed by atoms with van der Waals surface area (Å²) in [6.45, 7) is 10.4. The zero-order valence-electron chi connectivity index (χ0n) is 28.7. The summed E-state index contributed by atoms with van der Waals surface area (Å²) in [7, 11) is 1.38. The number of nitrogens with zero attached hydrogens (tertiary/aromatic N) is 2. The van der Waals surface area contributed by atoms with Crippen molar-refractivity contribution < 1.29 is 28.7 Å². The first-order valence-electron chi connectivity index (χ1n) is 17.9. The standard InChI is InChI=1S/C37H54N4O6/c1-24(47-20-25-8-6-5-7-9-25)31(34(44)40-16-14-27(15-17-40)26-10-12-28(13-11-26)35(45)46-4)39-32(42)30-19-38-21-37(30)22-41(23-37)33(43)29-18-36(29,2)3/h10-13,24-25,27,29-31,38H,5-9,14-23H2,1-4H3,(H,39,42)/t24-,29-,30+,31+/m1/s1. The van der Waals surface area contributed by atoms with Crippen molar-refractivity contribution in [2.75, 3.05) is 53.0 Å². The van der Waals surface area contributed by atoms with Gasteiger partial charge < -0.3 is 29.9 Å². The summed E-state index contributed by atoms with van der Waals surface area (Å²) in [4.78, 5) is 56.9. The van der Waals surface area contributed by atoms with E-state index in [-0.39, 0.29) is 52.3 Å². The summed E-state index contributed by atoms with van der Waals surface area (Å²) in [6, 6.07) is 6.77. The summed E-state index contributed by atoms with van der Waals surface area (Å²) in [6.07, 6.45) is 8.08. The van der Waals surface area contributed by atoms with Crippen LogP contribution in [-0.4, -0.2) is 98.6 Å². The average Bonchev–Trinajstić information content (AvgIpc) is 3.49. The minimum absolute atomic E-state index is 0.0789. The van der Waals surface area contributed by atoms with Crippen molar-refractivity contribution in [3.05, 3.63) is 35.4 Å². The van der Waals surface area contributed by atoms with Gasteiger partial charge >= 0.3 is 5.97 Å². The second-order valence-electron chi connectivity index (χ2n) is 15.7. The van der Waals surface area contributed by atoms with Crippen LogP contribution < -0.4 is 10.6 Å². The summed E-state index contributed by atoms with van der Waals surface area (Å²) >= 11 is 0. The number of amides is 3. The highest BCUT2D eigenvalue weighted by Gasteiger charge is 2.60. The highest BCUT2D eigenvalue weighted by Crippen LogP contribution is 2.54. The van der Waals surface area contributed by atoms with Gasteiger partial charge in [0, 0.05) is 57.2 Å². The number of methoxy groups -OCH3 is 1. The highest BCUT2D eigenvalue weighted by molar-refractivity contribution is 5.91. The topological polar surface area (TPSA) is 117 Å². The van der Waals surface area contributed by atoms with E-state index in [9.17, 15) is 19.2 Å². The van der Waals surface area contributed by atoms with Crippen LogP contribution in [0.4, 0.5) is 0 Å². The van der Waals surface area contributed by atoms with E-state index in [0.717, 1.165) is 37.7 Å². The zero-order valence-corrected chi connectivity index (χ0v) is 28.7. The van der Waals surface area contributed by atoms with Gasteiger partial charge in [-0.15, -0.1) is 0 Å². The van der Waals surface area contributed by atoms with Gasteiger partial charge in [-0.25, -0.2) is 4.79 Å². The van der Waals surface area contributed by atoms with Crippen molar-refractivity contribution >= 4 is 23.7 Å². The number of nitrogens with one attached hydrogen (secondary N) is 2. The SMILES string of the molecule is COC(=O)c1ccc(C2CCN(C(=O)[C@@H](NC(=O)[C@@H]3CNCC34CN(C(=O)[C@H]3CC3(C)C)C4)[C@@H](C)OCC3CCCCC3)CC2)cc1. The van der Waals surface area contributed by atoms with Crippen LogP contribution in [0.3, 0.4) is 0 Å². The van der Waals surface area contributed by atoms with Crippen LogP contribution >= 0.6 is 0 Å². The lowest BCUT2D eigenvalue weighted by molar-refractivity contribution is -0.153. The monoisotopic (exact) mass is 650 g/mol. The molecule has 47 heavy (non-hydrogen) atoms. The number of esters is 1. The number of carbonyl (C=O) groups is 4. The second-order valence-corrected chi connectivity index (χ2v) is 15.7. The van der Waals surface area contributed by atoms with Gasteiger partial charge in [0.15, 0.2) is 0 Å². The Kier molecular flexibility index (Phi) is 10.0. The molecule has 4 atom stereocenters. The summed E-state index contributed by atoms with van der Waals surface area (Å²) < 4.78 is 11.2. The smallest absolute Gasteiger partial charge is 0.337 e. The Balaban J connectivity index is 1.09. The van der Waals surface area contributed by atoms with Crippen LogP contribution in [0.1, 0.15) is 94.0 Å². The van der Waals surface area contributed by atoms with Crippen molar-refractivity contribution in [2.24, 2.45) is 28.6 Å². The molecule has 1 aromatic carbocycles. The lowest BCUT2D eigenvalue weighted by atomic mass is 9.70. The molecule has 0 radical (unpaired) electrons. The molecule has 258 valence electrons. The molecule has 6 rings (SSSR count). The molecule has 3 heterocycles. The molecule has 5 aliphatic rings. The Labute approximate surface area is 279 Å². The van der Waals surface area contributed by atoms with E-state index < -0.39 is 12.1 Å². The van der Waals surface area contributed by atoms with Gasteiger partial charge in [0.2, 0.25) is 17.7 Å². The van der Waals surface area contributed by atoms with Crippen molar-refractivity contribution in [1.29, 1.82) is 0 Å². The van der Waals surface area contributed by atoms with Crippen molar-refractivity contribution in [1.82, 2.24) is 20.4 Å². The molecular formula is C37H54N4O6. The molecule has 2 N–H and O–H groups in total. The molecule has 0 unspecified atom stereocenters. The van der Waals surface area contributed by atoms with Crippen molar-refractivity contribution in [3.63, 3.8) is 0 Å². The molecule has 1 spiro atoms. The van der Waals surface area contributed by atoms with Crippen LogP contribution in [0.5, 0.6) is 0 Å². The maximum atomic E-state index is 14.2. The van der Waals surface area contributed by atoms with Gasteiger partial charge in [0.25, 0.3) is 0 Å². The van der Waals surface area contributed by atoms with Gasteiger partial charge in [0.1, 0.15) is 6.04 Å². The lowest BCUT2D eigenvalue weighted by Crippen LogP contribution is -2.65. The van der Waals surface area contributed by atoms with Crippen molar-refractivity contribution in [2.45, 2.75) is 90.2 Å². The molecule has 2 aliphatic carbocycles. The second kappa shape index (κ2) is 13.9. The number of rotatable bonds is 10. The molecule has 1 aromatic rings. The third-order valence-corrected chi connectivity index (χ3v) is 12.0. The third kappa shape index (κ3) is 7.24. The average molecular weight is 651 g/mol. The number of carbonyl (C=O) groups excluding carboxylic acids is 4. The quantitative estimate of drug-likeness (QED) is 0.371. The fourth-order valence-electron chi connectivity index (χ4n) is 8.50. The molecule has 0 bridgehead atoms. The molecular weight excluding hydrogens is 596 g/mol. The van der Waals surface area contributed by atoms with Gasteiger partial charge in [-0.2, -0.15) is 0 Å². The van der Waals surface area contributed by atoms with E-state index in [1.807, 2.05) is 28.9 Å². The molecule has 10 nitrogen and oxygen atoms in total. The number of likely N-dealkylation sites (tertiary alicyclic amines) is 2. The number of hydrogen-bond acceptors (Lipinski definition) is 7. The minimum atomic E-state index is -0.773. The first-order valence-corrected chi connectivity index (χ1v) is 17.9. The van der Waals surface area contributed by atoms with E-state index >= 15 is 0 Å². The van der Waals surface area contributed by atoms with Gasteiger partial charge in [0.05, 0.1) is 24.7 Å². The number of benzene rings is 1. The predicted octanol–water partition coefficient (Wildman–Crippen LogP) is 3.74. The lowest BCUT2D eigenvalue weighted by Gasteiger charge is -2.51. The first-order chi connectivity index (χ1) is 22.5. The van der Waals surface area contributed by atoms with Crippen LogP contribution in [0.15, 0.2) is 24.3 Å². The highest BCUT2D eigenvalue weighted by atomic mass is 16.5. The Morgan fingerprint density at radius 1 is 0.957 bits per heavy atom. The van der Waals surface area contributed by atoms with Crippen LogP contribution in [0.2, 0.25) is 0 Å². The van der Waals surface area contributed by atoms with E-state index in [2.05, 4.69) is 24.5 Å². The molecule has 10 heteroatoms. The fraction of sp³-hybridized carbons (Fsp3) is 0.730. The molecule has 5 fully saturated rings. The van der Waals surface area contributed by atoms with E-state index in [1.165, 1.54) is 26.4 Å². The first kappa shape index (κ1) is 33.9. The van der Waals surface area contributed by atoms with E-state index in [0.29, 0.717) is 57.4 Å². The van der Waals surface area contributed by atoms with E-state index in [4.69, 9.17) is 9.47 Å². The van der Waals surface area contributed by atoms with Gasteiger partial charge in [-0.05, 0) is 74.0 Å². The molecule has 2 saturated carbocycles. The maximum absolute atomic E-state index is 14.2. The van der Waals surface area contributed by atoms with Crippen LogP contribution in [-0.2, 0) is 23.9 Å². The number of piperidine rings is 1. The Bertz CT molecular complexity index is 1310. The molecule has 3 saturated heterocycles. The Morgan fingerprint density at radius 3 is 2.23 bits per heavy atom. The number of ether oxygens (including phenoxy) is 2. The van der Waals surface area contributed by atoms with Crippen LogP contribution in [0, 0.1) is 28.6 Å². The van der Waals surface area contributed by atoms with E-state index in [1.54, 1.807) is 12.1 Å². The van der Waals surface area contributed by atoms with Crippen molar-refractivity contribution in [3.8, 4) is 0 Å². The Morgan fingerprint density at radius 2 is 1.62 bits per heavy atom. The van der Waals surface area contributed by atoms with Gasteiger partial charge in [-0.3, -0.25) is 14.4 Å². The molecule has 3 amide bonds. The Hall–Kier alpha value is -2.98. The summed E-state index contributed by atoms with van der Waals surface area (Å²) in [5.41, 5.74) is 1.46. The maximum Gasteiger partial charge on any atom is 0.337 e.